The summed E-state index contributed by atoms with van der Waals surface area (Å²) in [7, 11) is 0. The Morgan fingerprint density at radius 3 is 2.03 bits per heavy atom. The molecule has 182 valence electrons. The van der Waals surface area contributed by atoms with Crippen LogP contribution >= 0.6 is 0 Å². The average Bonchev–Trinajstić information content (AvgIpc) is 2.87. The number of imide groups is 1. The van der Waals surface area contributed by atoms with Gasteiger partial charge in [-0.15, -0.1) is 0 Å². The molecule has 1 saturated heterocycles. The number of amides is 2. The lowest BCUT2D eigenvalue weighted by atomic mass is 9.47. The molecule has 7 rings (SSSR count). The van der Waals surface area contributed by atoms with Crippen molar-refractivity contribution in [2.45, 2.75) is 56.7 Å². The molecular weight excluding hydrogens is 440 g/mol. The highest BCUT2D eigenvalue weighted by atomic mass is 16.5. The number of nitrogens with zero attached hydrogens (tertiary/aromatic N) is 1. The van der Waals surface area contributed by atoms with Gasteiger partial charge in [0.05, 0.1) is 6.04 Å². The van der Waals surface area contributed by atoms with Gasteiger partial charge in [0.1, 0.15) is 18.7 Å². The number of ether oxygens (including phenoxy) is 1. The molecule has 0 unspecified atom stereocenters. The van der Waals surface area contributed by atoms with Crippen LogP contribution in [0.2, 0.25) is 0 Å². The highest BCUT2D eigenvalue weighted by Gasteiger charge is 2.65. The summed E-state index contributed by atoms with van der Waals surface area (Å²) in [6.07, 6.45) is 5.90. The molecule has 5 fully saturated rings. The molecular formula is C29H32N2O4. The first kappa shape index (κ1) is 22.5. The van der Waals surface area contributed by atoms with Crippen LogP contribution < -0.4 is 5.32 Å². The molecule has 1 N–H and O–H groups in total. The number of piperazine rings is 1. The third kappa shape index (κ3) is 3.98. The molecule has 6 nitrogen and oxygen atoms in total. The second-order valence-corrected chi connectivity index (χ2v) is 10.9. The number of benzene rings is 2. The van der Waals surface area contributed by atoms with Crippen molar-refractivity contribution in [1.82, 2.24) is 10.2 Å². The first-order valence-corrected chi connectivity index (χ1v) is 12.9. The molecule has 1 heterocycles. The summed E-state index contributed by atoms with van der Waals surface area (Å²) in [5.41, 5.74) is 1.16. The fourth-order valence-corrected chi connectivity index (χ4v) is 7.49. The lowest BCUT2D eigenvalue weighted by molar-refractivity contribution is -0.177. The van der Waals surface area contributed by atoms with Crippen LogP contribution in [0.1, 0.15) is 43.2 Å². The summed E-state index contributed by atoms with van der Waals surface area (Å²) in [5.74, 6) is 0.738. The van der Waals surface area contributed by atoms with Gasteiger partial charge in [-0.2, -0.15) is 0 Å². The van der Waals surface area contributed by atoms with E-state index in [-0.39, 0.29) is 36.8 Å². The third-order valence-corrected chi connectivity index (χ3v) is 8.81. The summed E-state index contributed by atoms with van der Waals surface area (Å²) < 4.78 is 5.47. The van der Waals surface area contributed by atoms with Crippen LogP contribution in [-0.4, -0.2) is 40.8 Å². The zero-order valence-electron chi connectivity index (χ0n) is 19.9. The predicted octanol–water partition coefficient (Wildman–Crippen LogP) is 3.49. The van der Waals surface area contributed by atoms with Gasteiger partial charge in [-0.3, -0.25) is 24.6 Å². The highest BCUT2D eigenvalue weighted by molar-refractivity contribution is 6.07. The third-order valence-electron chi connectivity index (χ3n) is 8.81. The monoisotopic (exact) mass is 472 g/mol. The van der Waals surface area contributed by atoms with Gasteiger partial charge in [0, 0.05) is 0 Å². The number of rotatable bonds is 6. The maximum absolute atomic E-state index is 14.1. The van der Waals surface area contributed by atoms with E-state index in [4.69, 9.17) is 4.74 Å². The van der Waals surface area contributed by atoms with E-state index in [2.05, 4.69) is 5.32 Å². The topological polar surface area (TPSA) is 75.7 Å². The number of carbonyl (C=O) groups is 3. The van der Waals surface area contributed by atoms with Gasteiger partial charge in [0.2, 0.25) is 5.91 Å². The Balaban J connectivity index is 1.27. The van der Waals surface area contributed by atoms with E-state index in [0.717, 1.165) is 36.8 Å². The highest BCUT2D eigenvalue weighted by Crippen LogP contribution is 2.59. The molecule has 2 aromatic rings. The zero-order valence-corrected chi connectivity index (χ0v) is 19.9. The van der Waals surface area contributed by atoms with Crippen LogP contribution in [0.5, 0.6) is 0 Å². The van der Waals surface area contributed by atoms with Gasteiger partial charge in [0.15, 0.2) is 0 Å². The van der Waals surface area contributed by atoms with E-state index in [1.54, 1.807) is 0 Å². The van der Waals surface area contributed by atoms with Crippen LogP contribution in [-0.2, 0) is 32.1 Å². The molecule has 4 bridgehead atoms. The quantitative estimate of drug-likeness (QED) is 0.515. The van der Waals surface area contributed by atoms with Gasteiger partial charge < -0.3 is 4.74 Å². The van der Waals surface area contributed by atoms with Crippen molar-refractivity contribution >= 4 is 17.8 Å². The Bertz CT molecular complexity index is 1090. The van der Waals surface area contributed by atoms with E-state index >= 15 is 0 Å². The van der Waals surface area contributed by atoms with Crippen molar-refractivity contribution in [3.8, 4) is 0 Å². The molecule has 4 aliphatic carbocycles. The first-order valence-electron chi connectivity index (χ1n) is 12.9. The molecule has 1 aliphatic heterocycles. The summed E-state index contributed by atoms with van der Waals surface area (Å²) in [6, 6.07) is 18.8. The van der Waals surface area contributed by atoms with Crippen LogP contribution in [0.25, 0.3) is 0 Å². The molecule has 2 aromatic carbocycles. The van der Waals surface area contributed by atoms with E-state index in [9.17, 15) is 14.4 Å². The van der Waals surface area contributed by atoms with Crippen molar-refractivity contribution in [1.29, 1.82) is 0 Å². The molecule has 0 aromatic heterocycles. The summed E-state index contributed by atoms with van der Waals surface area (Å²) in [5, 5.41) is 3.63. The van der Waals surface area contributed by atoms with Crippen LogP contribution in [0.4, 0.5) is 0 Å². The van der Waals surface area contributed by atoms with Crippen LogP contribution in [0.15, 0.2) is 60.7 Å². The number of hydrogen-bond acceptors (Lipinski definition) is 5. The SMILES string of the molecule is O=C(CN1C(=O)[C@H](Cc2ccccc2)NC2(C1=O)C1CC3CC(C1)CC2C3)OCc1ccccc1. The van der Waals surface area contributed by atoms with Crippen LogP contribution in [0.3, 0.4) is 0 Å². The fourth-order valence-electron chi connectivity index (χ4n) is 7.49. The second kappa shape index (κ2) is 8.90. The minimum Gasteiger partial charge on any atom is -0.459 e. The summed E-state index contributed by atoms with van der Waals surface area (Å²) >= 11 is 0. The smallest absolute Gasteiger partial charge is 0.326 e. The molecule has 2 amide bonds. The fraction of sp³-hybridized carbons (Fsp3) is 0.483. The number of hydrogen-bond donors (Lipinski definition) is 1. The molecule has 35 heavy (non-hydrogen) atoms. The minimum absolute atomic E-state index is 0.126. The van der Waals surface area contributed by atoms with E-state index in [1.807, 2.05) is 60.7 Å². The van der Waals surface area contributed by atoms with Gasteiger partial charge in [-0.05, 0) is 73.3 Å². The molecule has 5 aliphatic rings. The Kier molecular flexibility index (Phi) is 5.72. The maximum atomic E-state index is 14.1. The normalized spacial score (nSPS) is 33.4. The Morgan fingerprint density at radius 1 is 0.857 bits per heavy atom. The average molecular weight is 473 g/mol. The molecule has 6 heteroatoms. The molecule has 1 atom stereocenters. The predicted molar refractivity (Wildman–Crippen MR) is 130 cm³/mol. The van der Waals surface area contributed by atoms with E-state index < -0.39 is 17.6 Å². The minimum atomic E-state index is -0.750. The van der Waals surface area contributed by atoms with E-state index in [1.165, 1.54) is 11.3 Å². The van der Waals surface area contributed by atoms with Crippen LogP contribution in [0, 0.1) is 23.7 Å². The summed E-state index contributed by atoms with van der Waals surface area (Å²) in [4.78, 5) is 41.7. The number of esters is 1. The van der Waals surface area contributed by atoms with Crippen molar-refractivity contribution in [3.63, 3.8) is 0 Å². The van der Waals surface area contributed by atoms with E-state index in [0.29, 0.717) is 18.3 Å². The molecule has 0 radical (unpaired) electrons. The van der Waals surface area contributed by atoms with Crippen molar-refractivity contribution in [2.24, 2.45) is 23.7 Å². The lowest BCUT2D eigenvalue weighted by Gasteiger charge is -2.63. The molecule has 4 saturated carbocycles. The number of carbonyl (C=O) groups excluding carboxylic acids is 3. The first-order chi connectivity index (χ1) is 17.0. The largest absolute Gasteiger partial charge is 0.459 e. The number of nitrogens with one attached hydrogen (secondary N) is 1. The Hall–Kier alpha value is -2.99. The molecule has 1 spiro atoms. The van der Waals surface area contributed by atoms with Crippen molar-refractivity contribution < 1.29 is 19.1 Å². The maximum Gasteiger partial charge on any atom is 0.326 e. The lowest BCUT2D eigenvalue weighted by Crippen LogP contribution is -2.79. The van der Waals surface area contributed by atoms with Gasteiger partial charge in [0.25, 0.3) is 5.91 Å². The second-order valence-electron chi connectivity index (χ2n) is 10.9. The zero-order chi connectivity index (χ0) is 24.0. The Labute approximate surface area is 206 Å². The Morgan fingerprint density at radius 2 is 1.43 bits per heavy atom. The van der Waals surface area contributed by atoms with Crippen molar-refractivity contribution in [2.75, 3.05) is 6.54 Å². The standard InChI is InChI=1S/C29H32N2O4/c32-26(35-18-20-9-5-2-6-10-20)17-31-27(33)25(16-19-7-3-1-4-8-19)30-29(28(31)34)23-12-21-11-22(14-23)15-24(29)13-21/h1-10,21-25,30H,11-18H2/t21?,22?,23?,24?,25-,29?/m0/s1. The van der Waals surface area contributed by atoms with Gasteiger partial charge >= 0.3 is 5.97 Å². The van der Waals surface area contributed by atoms with Crippen molar-refractivity contribution in [3.05, 3.63) is 71.8 Å². The van der Waals surface area contributed by atoms with Gasteiger partial charge in [-0.25, -0.2) is 0 Å². The summed E-state index contributed by atoms with van der Waals surface area (Å²) in [6.45, 7) is -0.202. The van der Waals surface area contributed by atoms with Gasteiger partial charge in [-0.1, -0.05) is 60.7 Å².